The molecule has 0 bridgehead atoms. The van der Waals surface area contributed by atoms with Crippen molar-refractivity contribution in [1.29, 1.82) is 0 Å². The maximum atomic E-state index is 13.2. The number of methoxy groups -OCH3 is 2. The van der Waals surface area contributed by atoms with Crippen LogP contribution in [0.3, 0.4) is 0 Å². The number of rotatable bonds is 9. The molecule has 0 amide bonds. The first-order valence-electron chi connectivity index (χ1n) is 15.3. The number of benzene rings is 2. The standard InChI is InChI=1S/C33H38O16/c1-13-29(46-14(2)34)28(41)32(47-15(3)35)33(45-13)44-12-22-24(37)26(39)27(40)31(49-22)18-10-21-23(25(38)30(18)43-5)19(36)11-20(48-21)16-6-8-17(42-4)9-7-16/h6-11,13,22,24,26-29,31-33,37-41H,12H2,1-5H3/t13-,22+,24+,26-,27+,28+,29-,31-,32+,33+/m0/s1. The quantitative estimate of drug-likeness (QED) is 0.195. The molecule has 2 fully saturated rings. The summed E-state index contributed by atoms with van der Waals surface area (Å²) < 4.78 is 44.5. The highest BCUT2D eigenvalue weighted by Gasteiger charge is 2.50. The topological polar surface area (TPSA) is 230 Å². The lowest BCUT2D eigenvalue weighted by Crippen LogP contribution is -2.61. The smallest absolute Gasteiger partial charge is 0.303 e. The Bertz CT molecular complexity index is 1720. The van der Waals surface area contributed by atoms with Crippen molar-refractivity contribution in [1.82, 2.24) is 0 Å². The summed E-state index contributed by atoms with van der Waals surface area (Å²) in [5.41, 5.74) is -0.202. The van der Waals surface area contributed by atoms with Crippen molar-refractivity contribution in [3.63, 3.8) is 0 Å². The third-order valence-corrected chi connectivity index (χ3v) is 8.35. The molecule has 10 atom stereocenters. The Morgan fingerprint density at radius 2 is 1.49 bits per heavy atom. The molecule has 2 aliphatic heterocycles. The van der Waals surface area contributed by atoms with Gasteiger partial charge >= 0.3 is 11.9 Å². The number of aliphatic hydroxyl groups is 4. The van der Waals surface area contributed by atoms with Crippen LogP contribution in [0.25, 0.3) is 22.3 Å². The predicted octanol–water partition coefficient (Wildman–Crippen LogP) is 0.691. The van der Waals surface area contributed by atoms with Gasteiger partial charge in [-0.2, -0.15) is 0 Å². The Morgan fingerprint density at radius 1 is 0.837 bits per heavy atom. The third kappa shape index (κ3) is 7.21. The van der Waals surface area contributed by atoms with Crippen LogP contribution in [0.1, 0.15) is 32.4 Å². The number of carbonyl (C=O) groups is 2. The summed E-state index contributed by atoms with van der Waals surface area (Å²) >= 11 is 0. The van der Waals surface area contributed by atoms with E-state index in [0.29, 0.717) is 11.3 Å². The number of fused-ring (bicyclic) bond motifs is 1. The minimum absolute atomic E-state index is 0.0362. The van der Waals surface area contributed by atoms with E-state index in [1.807, 2.05) is 0 Å². The van der Waals surface area contributed by atoms with Crippen LogP contribution < -0.4 is 14.9 Å². The van der Waals surface area contributed by atoms with Gasteiger partial charge < -0.3 is 63.1 Å². The molecular formula is C33H38O16. The van der Waals surface area contributed by atoms with Crippen molar-refractivity contribution in [2.45, 2.75) is 82.0 Å². The summed E-state index contributed by atoms with van der Waals surface area (Å²) in [4.78, 5) is 36.6. The maximum Gasteiger partial charge on any atom is 0.303 e. The van der Waals surface area contributed by atoms with E-state index < -0.39 is 90.9 Å². The third-order valence-electron chi connectivity index (χ3n) is 8.35. The Labute approximate surface area is 279 Å². The SMILES string of the molecule is COc1ccc(-c2cc(=O)c3c(O)c(OC)c([C@@H]4O[C@H](CO[C@@H]5O[C@@H](C)[C@H](OC(C)=O)[C@@H](O)[C@H]5OC(C)=O)[C@@H](O)[C@H](O)[C@H]4O)cc3o2)cc1. The number of phenols is 1. The fourth-order valence-corrected chi connectivity index (χ4v) is 5.96. The van der Waals surface area contributed by atoms with Gasteiger partial charge in [0.25, 0.3) is 0 Å². The van der Waals surface area contributed by atoms with Crippen molar-refractivity contribution in [2.75, 3.05) is 20.8 Å². The van der Waals surface area contributed by atoms with Crippen LogP contribution in [-0.4, -0.2) is 113 Å². The summed E-state index contributed by atoms with van der Waals surface area (Å²) in [6.07, 6.45) is -14.8. The largest absolute Gasteiger partial charge is 0.504 e. The molecule has 0 unspecified atom stereocenters. The van der Waals surface area contributed by atoms with E-state index in [-0.39, 0.29) is 28.0 Å². The summed E-state index contributed by atoms with van der Waals surface area (Å²) in [6.45, 7) is 3.18. The average molecular weight is 691 g/mol. The Morgan fingerprint density at radius 3 is 2.10 bits per heavy atom. The second-order valence-corrected chi connectivity index (χ2v) is 11.7. The highest BCUT2D eigenvalue weighted by molar-refractivity contribution is 5.88. The van der Waals surface area contributed by atoms with Crippen molar-refractivity contribution >= 4 is 22.9 Å². The van der Waals surface area contributed by atoms with Crippen molar-refractivity contribution < 1.29 is 72.7 Å². The van der Waals surface area contributed by atoms with Crippen LogP contribution in [0.15, 0.2) is 45.6 Å². The average Bonchev–Trinajstić information content (AvgIpc) is 3.06. The maximum absolute atomic E-state index is 13.2. The molecule has 2 aliphatic rings. The zero-order chi connectivity index (χ0) is 35.7. The first kappa shape index (κ1) is 36.0. The van der Waals surface area contributed by atoms with Gasteiger partial charge in [0.15, 0.2) is 35.4 Å². The normalized spacial score (nSPS) is 30.1. The number of aliphatic hydroxyl groups excluding tert-OH is 4. The zero-order valence-corrected chi connectivity index (χ0v) is 27.2. The molecule has 0 saturated carbocycles. The van der Waals surface area contributed by atoms with Gasteiger partial charge in [-0.15, -0.1) is 0 Å². The molecule has 0 spiro atoms. The van der Waals surface area contributed by atoms with Crippen LogP contribution >= 0.6 is 0 Å². The van der Waals surface area contributed by atoms with Crippen LogP contribution in [-0.2, 0) is 33.3 Å². The molecule has 3 heterocycles. The molecule has 16 nitrogen and oxygen atoms in total. The monoisotopic (exact) mass is 690 g/mol. The van der Waals surface area contributed by atoms with Crippen LogP contribution in [0, 0.1) is 0 Å². The van der Waals surface area contributed by atoms with E-state index in [4.69, 9.17) is 37.6 Å². The molecule has 2 saturated heterocycles. The minimum Gasteiger partial charge on any atom is -0.504 e. The Kier molecular flexibility index (Phi) is 10.8. The zero-order valence-electron chi connectivity index (χ0n) is 27.2. The summed E-state index contributed by atoms with van der Waals surface area (Å²) in [5.74, 6) is -1.64. The van der Waals surface area contributed by atoms with Crippen molar-refractivity contribution in [3.05, 3.63) is 52.2 Å². The second-order valence-electron chi connectivity index (χ2n) is 11.7. The van der Waals surface area contributed by atoms with Gasteiger partial charge in [-0.3, -0.25) is 14.4 Å². The highest BCUT2D eigenvalue weighted by Crippen LogP contribution is 2.45. The van der Waals surface area contributed by atoms with E-state index in [1.54, 1.807) is 24.3 Å². The van der Waals surface area contributed by atoms with Gasteiger partial charge in [0.2, 0.25) is 0 Å². The van der Waals surface area contributed by atoms with E-state index in [0.717, 1.165) is 13.8 Å². The van der Waals surface area contributed by atoms with E-state index in [1.165, 1.54) is 33.3 Å². The molecular weight excluding hydrogens is 652 g/mol. The molecule has 266 valence electrons. The van der Waals surface area contributed by atoms with Gasteiger partial charge in [0.1, 0.15) is 59.1 Å². The van der Waals surface area contributed by atoms with E-state index in [2.05, 4.69) is 0 Å². The lowest BCUT2D eigenvalue weighted by Gasteiger charge is -2.44. The Balaban J connectivity index is 1.45. The van der Waals surface area contributed by atoms with Crippen molar-refractivity contribution in [2.24, 2.45) is 0 Å². The Hall–Kier alpha value is -4.29. The van der Waals surface area contributed by atoms with Gasteiger partial charge in [-0.25, -0.2) is 0 Å². The number of hydrogen-bond acceptors (Lipinski definition) is 16. The number of carbonyl (C=O) groups excluding carboxylic acids is 2. The summed E-state index contributed by atoms with van der Waals surface area (Å²) in [5, 5.41) is 54.6. The molecule has 1 aromatic heterocycles. The second kappa shape index (κ2) is 14.7. The number of esters is 2. The van der Waals surface area contributed by atoms with Crippen LogP contribution in [0.2, 0.25) is 0 Å². The molecule has 2 aromatic carbocycles. The number of aromatic hydroxyl groups is 1. The molecule has 5 N–H and O–H groups in total. The lowest BCUT2D eigenvalue weighted by molar-refractivity contribution is -0.312. The summed E-state index contributed by atoms with van der Waals surface area (Å²) in [7, 11) is 2.72. The van der Waals surface area contributed by atoms with Gasteiger partial charge in [-0.1, -0.05) is 0 Å². The minimum atomic E-state index is -1.82. The van der Waals surface area contributed by atoms with E-state index >= 15 is 0 Å². The molecule has 5 rings (SSSR count). The van der Waals surface area contributed by atoms with Crippen molar-refractivity contribution in [3.8, 4) is 28.6 Å². The number of phenolic OH excluding ortho intramolecular Hbond substituents is 1. The molecule has 0 radical (unpaired) electrons. The predicted molar refractivity (Wildman–Crippen MR) is 166 cm³/mol. The van der Waals surface area contributed by atoms with Gasteiger partial charge in [0, 0.05) is 31.0 Å². The fourth-order valence-electron chi connectivity index (χ4n) is 5.96. The first-order valence-corrected chi connectivity index (χ1v) is 15.3. The molecule has 0 aliphatic carbocycles. The fraction of sp³-hybridized carbons (Fsp3) is 0.485. The first-order chi connectivity index (χ1) is 23.2. The van der Waals surface area contributed by atoms with E-state index in [9.17, 15) is 39.9 Å². The molecule has 49 heavy (non-hydrogen) atoms. The van der Waals surface area contributed by atoms with Crippen LogP contribution in [0.4, 0.5) is 0 Å². The van der Waals surface area contributed by atoms with Gasteiger partial charge in [-0.05, 0) is 37.3 Å². The van der Waals surface area contributed by atoms with Crippen LogP contribution in [0.5, 0.6) is 17.2 Å². The molecule has 3 aromatic rings. The lowest BCUT2D eigenvalue weighted by atomic mass is 9.90. The highest BCUT2D eigenvalue weighted by atomic mass is 16.7. The number of ether oxygens (including phenoxy) is 7. The molecule has 16 heteroatoms. The van der Waals surface area contributed by atoms with Gasteiger partial charge in [0.05, 0.1) is 26.9 Å². The number of hydrogen-bond donors (Lipinski definition) is 5. The summed E-state index contributed by atoms with van der Waals surface area (Å²) in [6, 6.07) is 9.19.